The summed E-state index contributed by atoms with van der Waals surface area (Å²) in [6.45, 7) is 0.738. The Morgan fingerprint density at radius 1 is 1.47 bits per heavy atom. The van der Waals surface area contributed by atoms with Gasteiger partial charge >= 0.3 is 0 Å². The number of rotatable bonds is 3. The molecule has 1 fully saturated rings. The maximum Gasteiger partial charge on any atom is 0.0544 e. The fraction of sp³-hybridized carbons (Fsp3) is 0.500. The Balaban J connectivity index is 2.33. The number of hydrogen-bond donors (Lipinski definition) is 1. The van der Waals surface area contributed by atoms with Crippen LogP contribution < -0.4 is 5.73 Å². The zero-order valence-corrected chi connectivity index (χ0v) is 10.5. The molecule has 0 saturated heterocycles. The van der Waals surface area contributed by atoms with Crippen molar-refractivity contribution in [1.82, 2.24) is 0 Å². The zero-order chi connectivity index (χ0) is 10.9. The topological polar surface area (TPSA) is 26.0 Å². The van der Waals surface area contributed by atoms with E-state index >= 15 is 0 Å². The molecule has 2 rings (SSSR count). The molecule has 1 aliphatic carbocycles. The van der Waals surface area contributed by atoms with Crippen LogP contribution in [0.25, 0.3) is 0 Å². The number of benzene rings is 1. The molecule has 0 heterocycles. The van der Waals surface area contributed by atoms with E-state index < -0.39 is 0 Å². The summed E-state index contributed by atoms with van der Waals surface area (Å²) in [5.41, 5.74) is 7.41. The Labute approximate surface area is 100 Å². The molecule has 1 saturated carbocycles. The van der Waals surface area contributed by atoms with Crippen LogP contribution in [-0.2, 0) is 5.41 Å². The molecule has 0 amide bonds. The molecule has 0 aliphatic heterocycles. The average molecular weight is 242 g/mol. The molecule has 1 aromatic rings. The van der Waals surface area contributed by atoms with Gasteiger partial charge in [-0.05, 0) is 36.8 Å². The lowest BCUT2D eigenvalue weighted by Gasteiger charge is -2.41. The first kappa shape index (κ1) is 11.3. The van der Waals surface area contributed by atoms with E-state index in [0.29, 0.717) is 0 Å². The second-order valence-electron chi connectivity index (χ2n) is 4.19. The highest BCUT2D eigenvalue weighted by atomic mass is 35.5. The minimum atomic E-state index is 0.223. The molecule has 15 heavy (non-hydrogen) atoms. The van der Waals surface area contributed by atoms with Crippen molar-refractivity contribution in [2.24, 2.45) is 5.73 Å². The first-order chi connectivity index (χ1) is 7.22. The number of thioether (sulfide) groups is 1. The highest BCUT2D eigenvalue weighted by molar-refractivity contribution is 7.98. The Hall–Kier alpha value is -0.180. The molecule has 0 bridgehead atoms. The molecule has 0 unspecified atom stereocenters. The summed E-state index contributed by atoms with van der Waals surface area (Å²) < 4.78 is 0. The summed E-state index contributed by atoms with van der Waals surface area (Å²) in [5.74, 6) is 0. The molecule has 2 N–H and O–H groups in total. The monoisotopic (exact) mass is 241 g/mol. The van der Waals surface area contributed by atoms with Crippen molar-refractivity contribution in [3.05, 3.63) is 28.8 Å². The van der Waals surface area contributed by atoms with Gasteiger partial charge in [0.05, 0.1) is 5.02 Å². The van der Waals surface area contributed by atoms with Crippen LogP contribution in [-0.4, -0.2) is 12.8 Å². The van der Waals surface area contributed by atoms with Gasteiger partial charge in [-0.25, -0.2) is 0 Å². The van der Waals surface area contributed by atoms with Crippen LogP contribution in [0.4, 0.5) is 0 Å². The van der Waals surface area contributed by atoms with E-state index in [1.165, 1.54) is 24.8 Å². The first-order valence-corrected chi connectivity index (χ1v) is 6.86. The van der Waals surface area contributed by atoms with Gasteiger partial charge in [0.1, 0.15) is 0 Å². The normalized spacial score (nSPS) is 18.6. The molecule has 0 radical (unpaired) electrons. The predicted octanol–water partition coefficient (Wildman–Crippen LogP) is 3.44. The highest BCUT2D eigenvalue weighted by Crippen LogP contribution is 2.44. The standard InChI is InChI=1S/C12H16ClNS/c1-15-11-4-3-9(7-10(11)13)12(8-14)5-2-6-12/h3-4,7H,2,5-6,8,14H2,1H3. The van der Waals surface area contributed by atoms with Crippen LogP contribution in [0.5, 0.6) is 0 Å². The highest BCUT2D eigenvalue weighted by Gasteiger charge is 2.37. The second-order valence-corrected chi connectivity index (χ2v) is 5.44. The van der Waals surface area contributed by atoms with Gasteiger partial charge in [0, 0.05) is 16.9 Å². The molecular weight excluding hydrogens is 226 g/mol. The van der Waals surface area contributed by atoms with Crippen molar-refractivity contribution in [1.29, 1.82) is 0 Å². The third-order valence-electron chi connectivity index (χ3n) is 3.47. The number of nitrogens with two attached hydrogens (primary N) is 1. The van der Waals surface area contributed by atoms with E-state index in [2.05, 4.69) is 18.2 Å². The SMILES string of the molecule is CSc1ccc(C2(CN)CCC2)cc1Cl. The number of halogens is 1. The fourth-order valence-corrected chi connectivity index (χ4v) is 3.08. The third kappa shape index (κ3) is 1.91. The van der Waals surface area contributed by atoms with E-state index in [-0.39, 0.29) is 5.41 Å². The Kier molecular flexibility index (Phi) is 3.29. The maximum atomic E-state index is 6.21. The molecular formula is C12H16ClNS. The molecule has 82 valence electrons. The van der Waals surface area contributed by atoms with Crippen LogP contribution >= 0.6 is 23.4 Å². The van der Waals surface area contributed by atoms with Crippen molar-refractivity contribution in [3.63, 3.8) is 0 Å². The van der Waals surface area contributed by atoms with Gasteiger partial charge in [0.2, 0.25) is 0 Å². The van der Waals surface area contributed by atoms with Crippen molar-refractivity contribution < 1.29 is 0 Å². The zero-order valence-electron chi connectivity index (χ0n) is 8.92. The van der Waals surface area contributed by atoms with Crippen LogP contribution in [0, 0.1) is 0 Å². The molecule has 0 aromatic heterocycles. The summed E-state index contributed by atoms with van der Waals surface area (Å²) in [7, 11) is 0. The fourth-order valence-electron chi connectivity index (χ4n) is 2.21. The quantitative estimate of drug-likeness (QED) is 0.821. The van der Waals surface area contributed by atoms with Crippen molar-refractivity contribution in [2.45, 2.75) is 29.6 Å². The maximum absolute atomic E-state index is 6.21. The Bertz CT molecular complexity index is 355. The second kappa shape index (κ2) is 4.36. The van der Waals surface area contributed by atoms with E-state index in [4.69, 9.17) is 17.3 Å². The summed E-state index contributed by atoms with van der Waals surface area (Å²) in [5, 5.41) is 0.861. The molecule has 1 nitrogen and oxygen atoms in total. The largest absolute Gasteiger partial charge is 0.330 e. The van der Waals surface area contributed by atoms with E-state index in [9.17, 15) is 0 Å². The van der Waals surface area contributed by atoms with Crippen LogP contribution in [0.3, 0.4) is 0 Å². The third-order valence-corrected chi connectivity index (χ3v) is 4.69. The van der Waals surface area contributed by atoms with Crippen molar-refractivity contribution in [3.8, 4) is 0 Å². The summed E-state index contributed by atoms with van der Waals surface area (Å²) in [6, 6.07) is 6.39. The van der Waals surface area contributed by atoms with E-state index in [0.717, 1.165) is 16.5 Å². The van der Waals surface area contributed by atoms with E-state index in [1.54, 1.807) is 11.8 Å². The summed E-state index contributed by atoms with van der Waals surface area (Å²) in [4.78, 5) is 1.15. The molecule has 3 heteroatoms. The lowest BCUT2D eigenvalue weighted by molar-refractivity contribution is 0.253. The molecule has 0 spiro atoms. The van der Waals surface area contributed by atoms with Gasteiger partial charge in [-0.1, -0.05) is 24.1 Å². The van der Waals surface area contributed by atoms with Crippen LogP contribution in [0.15, 0.2) is 23.1 Å². The lowest BCUT2D eigenvalue weighted by Crippen LogP contribution is -2.41. The van der Waals surface area contributed by atoms with Crippen molar-refractivity contribution >= 4 is 23.4 Å². The van der Waals surface area contributed by atoms with Gasteiger partial charge in [-0.2, -0.15) is 0 Å². The number of hydrogen-bond acceptors (Lipinski definition) is 2. The Morgan fingerprint density at radius 3 is 2.60 bits per heavy atom. The van der Waals surface area contributed by atoms with Crippen LogP contribution in [0.1, 0.15) is 24.8 Å². The smallest absolute Gasteiger partial charge is 0.0544 e. The van der Waals surface area contributed by atoms with Gasteiger partial charge < -0.3 is 5.73 Å². The van der Waals surface area contributed by atoms with Gasteiger partial charge in [-0.15, -0.1) is 11.8 Å². The minimum Gasteiger partial charge on any atom is -0.330 e. The molecule has 1 aromatic carbocycles. The van der Waals surface area contributed by atoms with Gasteiger partial charge in [-0.3, -0.25) is 0 Å². The predicted molar refractivity (Wildman–Crippen MR) is 67.8 cm³/mol. The Morgan fingerprint density at radius 2 is 2.20 bits per heavy atom. The minimum absolute atomic E-state index is 0.223. The van der Waals surface area contributed by atoms with E-state index in [1.807, 2.05) is 6.26 Å². The lowest BCUT2D eigenvalue weighted by atomic mass is 9.64. The average Bonchev–Trinajstić information content (AvgIpc) is 2.17. The molecule has 1 aliphatic rings. The molecule has 0 atom stereocenters. The van der Waals surface area contributed by atoms with Gasteiger partial charge in [0.15, 0.2) is 0 Å². The van der Waals surface area contributed by atoms with Gasteiger partial charge in [0.25, 0.3) is 0 Å². The van der Waals surface area contributed by atoms with Crippen molar-refractivity contribution in [2.75, 3.05) is 12.8 Å². The summed E-state index contributed by atoms with van der Waals surface area (Å²) in [6.07, 6.45) is 5.75. The first-order valence-electron chi connectivity index (χ1n) is 5.26. The summed E-state index contributed by atoms with van der Waals surface area (Å²) >= 11 is 7.90. The van der Waals surface area contributed by atoms with Crippen LogP contribution in [0.2, 0.25) is 5.02 Å².